The number of nitrogens with zero attached hydrogens (tertiary/aromatic N) is 3. The summed E-state index contributed by atoms with van der Waals surface area (Å²) >= 11 is 0. The average molecular weight is 308 g/mol. The van der Waals surface area contributed by atoms with Crippen molar-refractivity contribution in [1.82, 2.24) is 14.9 Å². The lowest BCUT2D eigenvalue weighted by atomic mass is 10.2. The Bertz CT molecular complexity index is 851. The minimum atomic E-state index is -0.0965. The van der Waals surface area contributed by atoms with Gasteiger partial charge in [0.25, 0.3) is 5.91 Å². The number of imidazole rings is 1. The van der Waals surface area contributed by atoms with Gasteiger partial charge in [0.05, 0.1) is 17.6 Å². The monoisotopic (exact) mass is 308 g/mol. The smallest absolute Gasteiger partial charge is 0.251 e. The number of benzene rings is 2. The highest BCUT2D eigenvalue weighted by Crippen LogP contribution is 2.15. The number of amides is 1. The van der Waals surface area contributed by atoms with Crippen molar-refractivity contribution in [3.05, 3.63) is 59.9 Å². The van der Waals surface area contributed by atoms with E-state index < -0.39 is 0 Å². The van der Waals surface area contributed by atoms with Crippen molar-refractivity contribution >= 4 is 22.6 Å². The predicted molar refractivity (Wildman–Crippen MR) is 92.7 cm³/mol. The van der Waals surface area contributed by atoms with E-state index in [1.807, 2.05) is 79.1 Å². The second-order valence-electron chi connectivity index (χ2n) is 5.70. The summed E-state index contributed by atoms with van der Waals surface area (Å²) in [5, 5.41) is 2.94. The first-order valence-corrected chi connectivity index (χ1v) is 7.52. The summed E-state index contributed by atoms with van der Waals surface area (Å²) in [5.74, 6) is 0.740. The van der Waals surface area contributed by atoms with E-state index in [1.165, 1.54) is 0 Å². The van der Waals surface area contributed by atoms with E-state index in [0.717, 1.165) is 22.5 Å². The largest absolute Gasteiger partial charge is 0.378 e. The van der Waals surface area contributed by atoms with Crippen molar-refractivity contribution in [2.45, 2.75) is 6.54 Å². The van der Waals surface area contributed by atoms with E-state index in [0.29, 0.717) is 12.1 Å². The van der Waals surface area contributed by atoms with Gasteiger partial charge in [-0.3, -0.25) is 4.79 Å². The highest BCUT2D eigenvalue weighted by atomic mass is 16.1. The van der Waals surface area contributed by atoms with Crippen molar-refractivity contribution in [1.29, 1.82) is 0 Å². The molecule has 3 aromatic rings. The molecule has 0 atom stereocenters. The Morgan fingerprint density at radius 3 is 2.70 bits per heavy atom. The van der Waals surface area contributed by atoms with Crippen LogP contribution in [-0.4, -0.2) is 29.6 Å². The number of carbonyl (C=O) groups excluding carboxylic acids is 1. The van der Waals surface area contributed by atoms with Crippen molar-refractivity contribution in [3.63, 3.8) is 0 Å². The van der Waals surface area contributed by atoms with E-state index in [2.05, 4.69) is 10.3 Å². The molecule has 5 nitrogen and oxygen atoms in total. The van der Waals surface area contributed by atoms with Crippen LogP contribution in [0.4, 0.5) is 5.69 Å². The first-order valence-electron chi connectivity index (χ1n) is 7.52. The molecule has 0 spiro atoms. The van der Waals surface area contributed by atoms with Gasteiger partial charge in [0.15, 0.2) is 0 Å². The van der Waals surface area contributed by atoms with Crippen LogP contribution >= 0.6 is 0 Å². The first-order chi connectivity index (χ1) is 11.1. The zero-order chi connectivity index (χ0) is 16.4. The molecule has 0 fully saturated rings. The molecule has 0 unspecified atom stereocenters. The number of anilines is 1. The number of fused-ring (bicyclic) bond motifs is 1. The van der Waals surface area contributed by atoms with Gasteiger partial charge in [-0.15, -0.1) is 0 Å². The third-order valence-electron chi connectivity index (χ3n) is 3.91. The molecule has 1 aromatic heterocycles. The Hall–Kier alpha value is -2.82. The van der Waals surface area contributed by atoms with E-state index in [4.69, 9.17) is 0 Å². The summed E-state index contributed by atoms with van der Waals surface area (Å²) in [5.41, 5.74) is 3.65. The van der Waals surface area contributed by atoms with E-state index in [9.17, 15) is 4.79 Å². The zero-order valence-electron chi connectivity index (χ0n) is 13.6. The molecule has 0 radical (unpaired) electrons. The van der Waals surface area contributed by atoms with Crippen molar-refractivity contribution in [2.24, 2.45) is 7.05 Å². The third-order valence-corrected chi connectivity index (χ3v) is 3.91. The molecule has 1 heterocycles. The first kappa shape index (κ1) is 15.1. The second kappa shape index (κ2) is 6.12. The molecule has 1 N–H and O–H groups in total. The highest BCUT2D eigenvalue weighted by molar-refractivity contribution is 5.95. The van der Waals surface area contributed by atoms with E-state index in [1.54, 1.807) is 0 Å². The lowest BCUT2D eigenvalue weighted by Gasteiger charge is -2.13. The van der Waals surface area contributed by atoms with Gasteiger partial charge in [0, 0.05) is 32.4 Å². The number of para-hydroxylation sites is 2. The fourth-order valence-corrected chi connectivity index (χ4v) is 2.54. The number of hydrogen-bond acceptors (Lipinski definition) is 3. The SMILES string of the molecule is CN(C)c1cccc(C(=O)NCc2nc3ccccc3n2C)c1. The molecule has 0 saturated heterocycles. The topological polar surface area (TPSA) is 50.2 Å². The summed E-state index contributed by atoms with van der Waals surface area (Å²) in [6.45, 7) is 0.399. The Labute approximate surface area is 135 Å². The van der Waals surface area contributed by atoms with Gasteiger partial charge in [-0.1, -0.05) is 18.2 Å². The fourth-order valence-electron chi connectivity index (χ4n) is 2.54. The summed E-state index contributed by atoms with van der Waals surface area (Å²) in [6, 6.07) is 15.5. The maximum atomic E-state index is 12.4. The molecule has 0 aliphatic rings. The van der Waals surface area contributed by atoms with Crippen LogP contribution < -0.4 is 10.2 Å². The Morgan fingerprint density at radius 1 is 1.17 bits per heavy atom. The van der Waals surface area contributed by atoms with Crippen LogP contribution in [0.25, 0.3) is 11.0 Å². The number of hydrogen-bond donors (Lipinski definition) is 1. The van der Waals surface area contributed by atoms with Crippen molar-refractivity contribution < 1.29 is 4.79 Å². The normalized spacial score (nSPS) is 10.7. The molecule has 23 heavy (non-hydrogen) atoms. The Morgan fingerprint density at radius 2 is 1.96 bits per heavy atom. The summed E-state index contributed by atoms with van der Waals surface area (Å²) < 4.78 is 2.01. The number of rotatable bonds is 4. The number of aryl methyl sites for hydroxylation is 1. The van der Waals surface area contributed by atoms with Crippen molar-refractivity contribution in [3.8, 4) is 0 Å². The summed E-state index contributed by atoms with van der Waals surface area (Å²) in [6.07, 6.45) is 0. The number of nitrogens with one attached hydrogen (secondary N) is 1. The van der Waals surface area contributed by atoms with Gasteiger partial charge in [-0.2, -0.15) is 0 Å². The van der Waals surface area contributed by atoms with Crippen LogP contribution in [0.1, 0.15) is 16.2 Å². The van der Waals surface area contributed by atoms with Gasteiger partial charge in [0.2, 0.25) is 0 Å². The molecule has 2 aromatic carbocycles. The quantitative estimate of drug-likeness (QED) is 0.806. The lowest BCUT2D eigenvalue weighted by molar-refractivity contribution is 0.0949. The molecular weight excluding hydrogens is 288 g/mol. The number of aromatic nitrogens is 2. The minimum absolute atomic E-state index is 0.0965. The summed E-state index contributed by atoms with van der Waals surface area (Å²) in [4.78, 5) is 18.9. The molecule has 0 saturated carbocycles. The molecule has 0 aliphatic carbocycles. The maximum absolute atomic E-state index is 12.4. The van der Waals surface area contributed by atoms with Crippen LogP contribution in [-0.2, 0) is 13.6 Å². The minimum Gasteiger partial charge on any atom is -0.378 e. The van der Waals surface area contributed by atoms with Crippen LogP contribution in [0.5, 0.6) is 0 Å². The molecule has 0 bridgehead atoms. The highest BCUT2D eigenvalue weighted by Gasteiger charge is 2.10. The molecule has 3 rings (SSSR count). The van der Waals surface area contributed by atoms with Crippen molar-refractivity contribution in [2.75, 3.05) is 19.0 Å². The molecule has 5 heteroatoms. The van der Waals surface area contributed by atoms with Crippen LogP contribution in [0, 0.1) is 0 Å². The van der Waals surface area contributed by atoms with Gasteiger partial charge in [-0.05, 0) is 30.3 Å². The molecule has 0 aliphatic heterocycles. The summed E-state index contributed by atoms with van der Waals surface area (Å²) in [7, 11) is 5.87. The Balaban J connectivity index is 1.75. The third kappa shape index (κ3) is 3.04. The lowest BCUT2D eigenvalue weighted by Crippen LogP contribution is -2.24. The van der Waals surface area contributed by atoms with Crippen LogP contribution in [0.15, 0.2) is 48.5 Å². The zero-order valence-corrected chi connectivity index (χ0v) is 13.6. The average Bonchev–Trinajstić information content (AvgIpc) is 2.89. The predicted octanol–water partition coefficient (Wildman–Crippen LogP) is 2.57. The van der Waals surface area contributed by atoms with E-state index >= 15 is 0 Å². The van der Waals surface area contributed by atoms with Crippen LogP contribution in [0.3, 0.4) is 0 Å². The van der Waals surface area contributed by atoms with Gasteiger partial charge < -0.3 is 14.8 Å². The van der Waals surface area contributed by atoms with E-state index in [-0.39, 0.29) is 5.91 Å². The van der Waals surface area contributed by atoms with Crippen LogP contribution in [0.2, 0.25) is 0 Å². The van der Waals surface area contributed by atoms with Gasteiger partial charge in [-0.25, -0.2) is 4.98 Å². The van der Waals surface area contributed by atoms with Gasteiger partial charge in [0.1, 0.15) is 5.82 Å². The standard InChI is InChI=1S/C18H20N4O/c1-21(2)14-8-6-7-13(11-14)18(23)19-12-17-20-15-9-4-5-10-16(15)22(17)3/h4-11H,12H2,1-3H3,(H,19,23). The maximum Gasteiger partial charge on any atom is 0.251 e. The number of carbonyl (C=O) groups is 1. The molecule has 1 amide bonds. The molecular formula is C18H20N4O. The second-order valence-corrected chi connectivity index (χ2v) is 5.70. The fraction of sp³-hybridized carbons (Fsp3) is 0.222. The molecule has 118 valence electrons. The Kier molecular flexibility index (Phi) is 4.02. The van der Waals surface area contributed by atoms with Gasteiger partial charge >= 0.3 is 0 Å².